The highest BCUT2D eigenvalue weighted by molar-refractivity contribution is 7.91. The number of hydrogen-bond acceptors (Lipinski definition) is 10. The van der Waals surface area contributed by atoms with Crippen LogP contribution >= 0.6 is 0 Å². The summed E-state index contributed by atoms with van der Waals surface area (Å²) in [5, 5.41) is 6.62. The Morgan fingerprint density at radius 3 is 2.51 bits per heavy atom. The van der Waals surface area contributed by atoms with E-state index in [0.717, 1.165) is 11.8 Å². The number of benzene rings is 1. The Labute approximate surface area is 323 Å². The van der Waals surface area contributed by atoms with E-state index in [1.807, 2.05) is 57.2 Å². The van der Waals surface area contributed by atoms with E-state index in [1.54, 1.807) is 27.0 Å². The predicted octanol–water partition coefficient (Wildman–Crippen LogP) is 4.76. The third-order valence-electron chi connectivity index (χ3n) is 10.6. The number of carbonyl (C=O) groups is 4. The summed E-state index contributed by atoms with van der Waals surface area (Å²) in [5.74, 6) is -1.52. The summed E-state index contributed by atoms with van der Waals surface area (Å²) in [6.07, 6.45) is 7.23. The van der Waals surface area contributed by atoms with Gasteiger partial charge >= 0.3 is 6.09 Å². The van der Waals surface area contributed by atoms with Crippen LogP contribution in [0.25, 0.3) is 10.8 Å². The highest BCUT2D eigenvalue weighted by Crippen LogP contribution is 2.46. The number of pyridine rings is 1. The van der Waals surface area contributed by atoms with Crippen LogP contribution in [0.2, 0.25) is 0 Å². The average Bonchev–Trinajstić information content (AvgIpc) is 4.01. The minimum Gasteiger partial charge on any atom is -0.491 e. The molecule has 2 saturated carbocycles. The molecule has 3 N–H and O–H groups in total. The molecule has 0 spiro atoms. The maximum absolute atomic E-state index is 14.8. The molecule has 3 heterocycles. The molecule has 1 aromatic heterocycles. The van der Waals surface area contributed by atoms with Crippen LogP contribution in [0.5, 0.6) is 11.6 Å². The number of carbonyl (C=O) groups excluding carboxylic acids is 4. The summed E-state index contributed by atoms with van der Waals surface area (Å²) < 4.78 is 45.9. The number of rotatable bonds is 8. The molecule has 6 rings (SSSR count). The number of sulfonamides is 1. The molecular formula is C40H55N5O9S. The monoisotopic (exact) mass is 781 g/mol. The first-order chi connectivity index (χ1) is 25.8. The first kappa shape index (κ1) is 40.3. The normalized spacial score (nSPS) is 29.6. The van der Waals surface area contributed by atoms with Crippen molar-refractivity contribution in [1.82, 2.24) is 25.2 Å². The van der Waals surface area contributed by atoms with Crippen LogP contribution in [0.3, 0.4) is 0 Å². The van der Waals surface area contributed by atoms with Gasteiger partial charge in [-0.15, -0.1) is 0 Å². The number of amides is 4. The van der Waals surface area contributed by atoms with Crippen molar-refractivity contribution in [2.75, 3.05) is 6.54 Å². The quantitative estimate of drug-likeness (QED) is 0.316. The lowest BCUT2D eigenvalue weighted by Gasteiger charge is -2.33. The number of ether oxygens (including phenoxy) is 3. The predicted molar refractivity (Wildman–Crippen MR) is 206 cm³/mol. The molecule has 1 unspecified atom stereocenters. The zero-order valence-electron chi connectivity index (χ0n) is 32.8. The number of allylic oxidation sites excluding steroid dienone is 1. The molecule has 3 fully saturated rings. The lowest BCUT2D eigenvalue weighted by molar-refractivity contribution is -0.142. The summed E-state index contributed by atoms with van der Waals surface area (Å²) in [7, 11) is -3.90. The fraction of sp³-hybridized carbons (Fsp3) is 0.625. The van der Waals surface area contributed by atoms with Crippen LogP contribution in [0, 0.1) is 17.8 Å². The van der Waals surface area contributed by atoms with Crippen molar-refractivity contribution in [2.45, 2.75) is 134 Å². The topological polar surface area (TPSA) is 182 Å². The molecule has 4 aliphatic rings. The smallest absolute Gasteiger partial charge is 0.408 e. The molecule has 0 bridgehead atoms. The Morgan fingerprint density at radius 2 is 1.82 bits per heavy atom. The number of nitrogens with one attached hydrogen (secondary N) is 3. The van der Waals surface area contributed by atoms with Gasteiger partial charge < -0.3 is 29.7 Å². The zero-order valence-corrected chi connectivity index (χ0v) is 33.6. The molecule has 7 atom stereocenters. The fourth-order valence-corrected chi connectivity index (χ4v) is 9.02. The van der Waals surface area contributed by atoms with Crippen LogP contribution < -0.4 is 24.8 Å². The van der Waals surface area contributed by atoms with Gasteiger partial charge in [0.15, 0.2) is 0 Å². The van der Waals surface area contributed by atoms with Crippen LogP contribution in [-0.2, 0) is 29.1 Å². The van der Waals surface area contributed by atoms with Crippen LogP contribution in [0.4, 0.5) is 4.79 Å². The van der Waals surface area contributed by atoms with Gasteiger partial charge in [0, 0.05) is 23.9 Å². The Morgan fingerprint density at radius 1 is 1.07 bits per heavy atom. The van der Waals surface area contributed by atoms with Gasteiger partial charge in [0.1, 0.15) is 35.1 Å². The molecule has 14 nitrogen and oxygen atoms in total. The first-order valence-electron chi connectivity index (χ1n) is 19.4. The van der Waals surface area contributed by atoms with Crippen molar-refractivity contribution in [3.63, 3.8) is 0 Å². The number of aromatic nitrogens is 1. The van der Waals surface area contributed by atoms with Crippen LogP contribution in [0.15, 0.2) is 42.6 Å². The first-order valence-corrected chi connectivity index (χ1v) is 21.0. The number of hydrogen-bond donors (Lipinski definition) is 3. The highest BCUT2D eigenvalue weighted by atomic mass is 32.2. The van der Waals surface area contributed by atoms with E-state index >= 15 is 0 Å². The van der Waals surface area contributed by atoms with Gasteiger partial charge in [-0.3, -0.25) is 19.1 Å². The Balaban J connectivity index is 1.33. The van der Waals surface area contributed by atoms with Gasteiger partial charge in [0.25, 0.3) is 5.91 Å². The van der Waals surface area contributed by atoms with Crippen LogP contribution in [0.1, 0.15) is 93.4 Å². The van der Waals surface area contributed by atoms with E-state index in [1.165, 1.54) is 4.90 Å². The average molecular weight is 782 g/mol. The molecule has 15 heteroatoms. The number of fused-ring (bicyclic) bond motifs is 3. The zero-order chi connectivity index (χ0) is 39.9. The molecule has 0 radical (unpaired) electrons. The van der Waals surface area contributed by atoms with Crippen molar-refractivity contribution < 1.29 is 41.8 Å². The van der Waals surface area contributed by atoms with Gasteiger partial charge in [0.05, 0.1) is 17.9 Å². The Bertz CT molecular complexity index is 1940. The standard InChI is InChI=1S/C40H55N5O9S/c1-23(2)52-28-12-15-31-26(19-28)16-17-41-35(31)53-29-20-32-34(46)43-40(37(48)44-55(50,51)30-13-14-30)21-27(40)11-9-8-10-24(3)18-25(4)33(36(47)45(32)22-29)42-38(49)54-39(5,6)7/h9,11-12,15-17,19,23-25,27,29-30,32-33H,8,10,13-14,18,20-22H2,1-7H3,(H,42,49)(H,43,46)(H,44,48)/b11-9-/t24-,25+,27?,29+,32-,33-,40+/m0/s1. The second-order valence-corrected chi connectivity index (χ2v) is 19.0. The molecule has 2 aliphatic carbocycles. The van der Waals surface area contributed by atoms with E-state index in [4.69, 9.17) is 14.2 Å². The van der Waals surface area contributed by atoms with Crippen LogP contribution in [-0.4, -0.2) is 89.3 Å². The molecule has 1 aromatic carbocycles. The van der Waals surface area contributed by atoms with Crippen molar-refractivity contribution >= 4 is 44.6 Å². The third kappa shape index (κ3) is 9.53. The maximum atomic E-state index is 14.8. The summed E-state index contributed by atoms with van der Waals surface area (Å²) in [4.78, 5) is 62.1. The number of nitrogens with zero attached hydrogens (tertiary/aromatic N) is 2. The lowest BCUT2D eigenvalue weighted by Crippen LogP contribution is -2.59. The minimum absolute atomic E-state index is 0.0164. The van der Waals surface area contributed by atoms with Crippen molar-refractivity contribution in [3.8, 4) is 11.6 Å². The van der Waals surface area contributed by atoms with Gasteiger partial charge in [-0.25, -0.2) is 18.2 Å². The Hall–Kier alpha value is -4.40. The molecule has 55 heavy (non-hydrogen) atoms. The summed E-state index contributed by atoms with van der Waals surface area (Å²) in [6, 6.07) is 5.25. The summed E-state index contributed by atoms with van der Waals surface area (Å²) in [6.45, 7) is 13.1. The van der Waals surface area contributed by atoms with Gasteiger partial charge in [-0.2, -0.15) is 0 Å². The van der Waals surface area contributed by atoms with E-state index in [-0.39, 0.29) is 37.3 Å². The largest absolute Gasteiger partial charge is 0.491 e. The summed E-state index contributed by atoms with van der Waals surface area (Å²) in [5.41, 5.74) is -2.33. The second-order valence-electron chi connectivity index (χ2n) is 17.0. The molecule has 2 aliphatic heterocycles. The van der Waals surface area contributed by atoms with E-state index < -0.39 is 74.3 Å². The fourth-order valence-electron chi connectivity index (χ4n) is 7.66. The molecule has 2 aromatic rings. The van der Waals surface area contributed by atoms with Gasteiger partial charge in [0.2, 0.25) is 27.7 Å². The Kier molecular flexibility index (Phi) is 11.4. The number of alkyl carbamates (subject to hydrolysis) is 1. The van der Waals surface area contributed by atoms with Crippen molar-refractivity contribution in [2.24, 2.45) is 17.8 Å². The van der Waals surface area contributed by atoms with Crippen molar-refractivity contribution in [3.05, 3.63) is 42.6 Å². The molecule has 300 valence electrons. The molecule has 4 amide bonds. The summed E-state index contributed by atoms with van der Waals surface area (Å²) >= 11 is 0. The minimum atomic E-state index is -3.90. The maximum Gasteiger partial charge on any atom is 0.408 e. The molecular weight excluding hydrogens is 727 g/mol. The molecule has 1 saturated heterocycles. The van der Waals surface area contributed by atoms with E-state index in [9.17, 15) is 27.6 Å². The highest BCUT2D eigenvalue weighted by Gasteiger charge is 2.62. The van der Waals surface area contributed by atoms with Crippen molar-refractivity contribution in [1.29, 1.82) is 0 Å². The van der Waals surface area contributed by atoms with Gasteiger partial charge in [-0.1, -0.05) is 26.0 Å². The van der Waals surface area contributed by atoms with E-state index in [0.29, 0.717) is 42.7 Å². The lowest BCUT2D eigenvalue weighted by atomic mass is 9.88. The third-order valence-corrected chi connectivity index (χ3v) is 12.5. The van der Waals surface area contributed by atoms with Gasteiger partial charge in [-0.05, 0) is 115 Å². The van der Waals surface area contributed by atoms with E-state index in [2.05, 4.69) is 27.3 Å². The second kappa shape index (κ2) is 15.6. The SMILES string of the molecule is CC(C)Oc1ccc2c(O[C@@H]3C[C@H]4C(=O)N[C@]5(C(=O)NS(=O)(=O)C6CC6)CC5/C=C\CC[C@H](C)C[C@@H](C)[C@H](NC(=O)OC(C)(C)C)C(=O)N4C3)nccc2c1.